The highest BCUT2D eigenvalue weighted by molar-refractivity contribution is 7.20. The van der Waals surface area contributed by atoms with E-state index in [0.717, 1.165) is 13.1 Å². The minimum atomic E-state index is -0.341. The Bertz CT molecular complexity index is 1100. The van der Waals surface area contributed by atoms with Gasteiger partial charge in [-0.3, -0.25) is 14.2 Å². The van der Waals surface area contributed by atoms with Crippen LogP contribution in [0.1, 0.15) is 20.8 Å². The molecule has 0 spiro atoms. The molecule has 3 aromatic rings. The third-order valence-corrected chi connectivity index (χ3v) is 6.33. The predicted molar refractivity (Wildman–Crippen MR) is 108 cm³/mol. The van der Waals surface area contributed by atoms with Gasteiger partial charge in [-0.05, 0) is 37.2 Å². The second-order valence-corrected chi connectivity index (χ2v) is 8.14. The number of hydrogen-bond acceptors (Lipinski definition) is 5. The van der Waals surface area contributed by atoms with E-state index in [1.807, 2.05) is 11.9 Å². The number of carbonyl (C=O) groups excluding carboxylic acids is 1. The van der Waals surface area contributed by atoms with Gasteiger partial charge in [0.05, 0.1) is 23.1 Å². The topological polar surface area (TPSA) is 58.4 Å². The van der Waals surface area contributed by atoms with Crippen LogP contribution in [-0.2, 0) is 6.54 Å². The number of nitrogens with zero attached hydrogens (tertiary/aromatic N) is 4. The summed E-state index contributed by atoms with van der Waals surface area (Å²) in [5.41, 5.74) is 1.15. The molecular formula is C20H21FN4O2S. The number of fused-ring (bicyclic) bond motifs is 1. The number of rotatable bonds is 3. The SMILES string of the molecule is Cc1c(C(=O)N2CCN(C)CC2)sc2ncn(Cc3cccc(F)c3)c(=O)c12. The van der Waals surface area contributed by atoms with Crippen LogP contribution in [0.5, 0.6) is 0 Å². The maximum absolute atomic E-state index is 13.4. The number of halogens is 1. The summed E-state index contributed by atoms with van der Waals surface area (Å²) in [5, 5.41) is 0.474. The van der Waals surface area contributed by atoms with Gasteiger partial charge in [-0.1, -0.05) is 12.1 Å². The second-order valence-electron chi connectivity index (χ2n) is 7.14. The summed E-state index contributed by atoms with van der Waals surface area (Å²) in [6.45, 7) is 5.08. The van der Waals surface area contributed by atoms with Gasteiger partial charge in [-0.25, -0.2) is 9.37 Å². The Morgan fingerprint density at radius 1 is 1.25 bits per heavy atom. The molecule has 28 heavy (non-hydrogen) atoms. The average molecular weight is 400 g/mol. The summed E-state index contributed by atoms with van der Waals surface area (Å²) in [6.07, 6.45) is 1.47. The van der Waals surface area contributed by atoms with E-state index in [-0.39, 0.29) is 23.8 Å². The first kappa shape index (κ1) is 18.8. The molecule has 0 radical (unpaired) electrons. The highest BCUT2D eigenvalue weighted by Crippen LogP contribution is 2.28. The predicted octanol–water partition coefficient (Wildman–Crippen LogP) is 2.34. The molecule has 4 rings (SSSR count). The molecule has 0 saturated carbocycles. The van der Waals surface area contributed by atoms with Crippen molar-refractivity contribution in [1.29, 1.82) is 0 Å². The zero-order chi connectivity index (χ0) is 19.8. The Morgan fingerprint density at radius 3 is 2.71 bits per heavy atom. The maximum Gasteiger partial charge on any atom is 0.264 e. The van der Waals surface area contributed by atoms with Crippen molar-refractivity contribution in [2.45, 2.75) is 13.5 Å². The van der Waals surface area contributed by atoms with Crippen molar-refractivity contribution in [2.75, 3.05) is 33.2 Å². The lowest BCUT2D eigenvalue weighted by Crippen LogP contribution is -2.47. The summed E-state index contributed by atoms with van der Waals surface area (Å²) in [4.78, 5) is 35.5. The number of hydrogen-bond donors (Lipinski definition) is 0. The van der Waals surface area contributed by atoms with Gasteiger partial charge in [-0.2, -0.15) is 0 Å². The minimum absolute atomic E-state index is 0.0373. The largest absolute Gasteiger partial charge is 0.335 e. The molecule has 0 bridgehead atoms. The average Bonchev–Trinajstić information content (AvgIpc) is 3.01. The van der Waals surface area contributed by atoms with E-state index < -0.39 is 0 Å². The van der Waals surface area contributed by atoms with Crippen LogP contribution in [-0.4, -0.2) is 58.5 Å². The molecule has 1 amide bonds. The van der Waals surface area contributed by atoms with Gasteiger partial charge in [-0.15, -0.1) is 11.3 Å². The summed E-state index contributed by atoms with van der Waals surface area (Å²) < 4.78 is 14.9. The summed E-state index contributed by atoms with van der Waals surface area (Å²) in [6, 6.07) is 6.15. The number of aryl methyl sites for hydroxylation is 1. The van der Waals surface area contributed by atoms with Crippen molar-refractivity contribution in [3.05, 3.63) is 62.8 Å². The quantitative estimate of drug-likeness (QED) is 0.677. The lowest BCUT2D eigenvalue weighted by Gasteiger charge is -2.32. The molecule has 0 unspecified atom stereocenters. The molecule has 8 heteroatoms. The van der Waals surface area contributed by atoms with Gasteiger partial charge in [0.2, 0.25) is 0 Å². The summed E-state index contributed by atoms with van der Waals surface area (Å²) >= 11 is 1.27. The molecule has 0 N–H and O–H groups in total. The van der Waals surface area contributed by atoms with Crippen molar-refractivity contribution in [3.8, 4) is 0 Å². The van der Waals surface area contributed by atoms with Gasteiger partial charge in [0, 0.05) is 26.2 Å². The first-order valence-electron chi connectivity index (χ1n) is 9.15. The van der Waals surface area contributed by atoms with Crippen LogP contribution in [0, 0.1) is 12.7 Å². The third-order valence-electron chi connectivity index (χ3n) is 5.14. The van der Waals surface area contributed by atoms with Gasteiger partial charge in [0.15, 0.2) is 0 Å². The Balaban J connectivity index is 1.68. The van der Waals surface area contributed by atoms with Crippen LogP contribution >= 0.6 is 11.3 Å². The van der Waals surface area contributed by atoms with Gasteiger partial charge in [0.25, 0.3) is 11.5 Å². The number of aromatic nitrogens is 2. The van der Waals surface area contributed by atoms with E-state index in [2.05, 4.69) is 9.88 Å². The van der Waals surface area contributed by atoms with Crippen LogP contribution < -0.4 is 5.56 Å². The molecule has 1 fully saturated rings. The van der Waals surface area contributed by atoms with E-state index in [4.69, 9.17) is 0 Å². The van der Waals surface area contributed by atoms with Gasteiger partial charge >= 0.3 is 0 Å². The molecule has 0 aliphatic carbocycles. The molecule has 2 aromatic heterocycles. The smallest absolute Gasteiger partial charge is 0.264 e. The van der Waals surface area contributed by atoms with E-state index in [9.17, 15) is 14.0 Å². The van der Waals surface area contributed by atoms with Gasteiger partial charge in [0.1, 0.15) is 10.6 Å². The van der Waals surface area contributed by atoms with Crippen molar-refractivity contribution in [2.24, 2.45) is 0 Å². The van der Waals surface area contributed by atoms with Crippen LogP contribution in [0.25, 0.3) is 10.2 Å². The van der Waals surface area contributed by atoms with E-state index in [1.165, 1.54) is 34.4 Å². The monoisotopic (exact) mass is 400 g/mol. The Labute approximate surface area is 165 Å². The molecule has 1 saturated heterocycles. The third kappa shape index (κ3) is 3.45. The van der Waals surface area contributed by atoms with Crippen LogP contribution in [0.2, 0.25) is 0 Å². The van der Waals surface area contributed by atoms with Crippen molar-refractivity contribution >= 4 is 27.5 Å². The molecule has 1 aromatic carbocycles. The van der Waals surface area contributed by atoms with E-state index >= 15 is 0 Å². The molecule has 0 atom stereocenters. The number of likely N-dealkylation sites (N-methyl/N-ethyl adjacent to an activating group) is 1. The van der Waals surface area contributed by atoms with Crippen LogP contribution in [0.15, 0.2) is 35.4 Å². The standard InChI is InChI=1S/C20H21FN4O2S/c1-13-16-18(28-17(13)20(27)24-8-6-23(2)7-9-24)22-12-25(19(16)26)11-14-4-3-5-15(21)10-14/h3-5,10,12H,6-9,11H2,1-2H3. The second kappa shape index (κ2) is 7.44. The zero-order valence-corrected chi connectivity index (χ0v) is 16.6. The summed E-state index contributed by atoms with van der Waals surface area (Å²) in [5.74, 6) is -0.379. The number of amides is 1. The lowest BCUT2D eigenvalue weighted by molar-refractivity contribution is 0.0668. The minimum Gasteiger partial charge on any atom is -0.335 e. The van der Waals surface area contributed by atoms with Crippen molar-refractivity contribution < 1.29 is 9.18 Å². The number of benzene rings is 1. The Morgan fingerprint density at radius 2 is 2.00 bits per heavy atom. The van der Waals surface area contributed by atoms with E-state index in [0.29, 0.717) is 39.3 Å². The fourth-order valence-corrected chi connectivity index (χ4v) is 4.57. The van der Waals surface area contributed by atoms with E-state index in [1.54, 1.807) is 19.1 Å². The molecule has 146 valence electrons. The molecule has 1 aliphatic heterocycles. The normalized spacial score (nSPS) is 15.3. The highest BCUT2D eigenvalue weighted by Gasteiger charge is 2.25. The maximum atomic E-state index is 13.4. The number of carbonyl (C=O) groups is 1. The Hall–Kier alpha value is -2.58. The van der Waals surface area contributed by atoms with Crippen molar-refractivity contribution in [1.82, 2.24) is 19.4 Å². The first-order chi connectivity index (χ1) is 13.4. The Kier molecular flexibility index (Phi) is 4.99. The number of thiophene rings is 1. The first-order valence-corrected chi connectivity index (χ1v) is 9.96. The lowest BCUT2D eigenvalue weighted by atomic mass is 10.2. The van der Waals surface area contributed by atoms with Crippen LogP contribution in [0.4, 0.5) is 4.39 Å². The molecule has 3 heterocycles. The molecular weight excluding hydrogens is 379 g/mol. The van der Waals surface area contributed by atoms with Crippen LogP contribution in [0.3, 0.4) is 0 Å². The number of piperazine rings is 1. The zero-order valence-electron chi connectivity index (χ0n) is 15.8. The van der Waals surface area contributed by atoms with Gasteiger partial charge < -0.3 is 9.80 Å². The molecule has 1 aliphatic rings. The fraction of sp³-hybridized carbons (Fsp3) is 0.350. The molecule has 6 nitrogen and oxygen atoms in total. The highest BCUT2D eigenvalue weighted by atomic mass is 32.1. The fourth-order valence-electron chi connectivity index (χ4n) is 3.46. The van der Waals surface area contributed by atoms with Crippen molar-refractivity contribution in [3.63, 3.8) is 0 Å². The summed E-state index contributed by atoms with van der Waals surface area (Å²) in [7, 11) is 2.04.